The summed E-state index contributed by atoms with van der Waals surface area (Å²) in [6, 6.07) is 4.32. The summed E-state index contributed by atoms with van der Waals surface area (Å²) in [6.07, 6.45) is 6.20. The van der Waals surface area contributed by atoms with Crippen molar-refractivity contribution >= 4 is 15.7 Å². The van der Waals surface area contributed by atoms with E-state index in [1.165, 1.54) is 44.2 Å². The molecule has 1 aromatic carbocycles. The Morgan fingerprint density at radius 1 is 1.21 bits per heavy atom. The smallest absolute Gasteiger partial charge is 0.238 e. The van der Waals surface area contributed by atoms with Gasteiger partial charge in [-0.2, -0.15) is 0 Å². The van der Waals surface area contributed by atoms with Crippen molar-refractivity contribution in [2.45, 2.75) is 37.0 Å². The van der Waals surface area contributed by atoms with Crippen molar-refractivity contribution in [3.63, 3.8) is 0 Å². The average Bonchev–Trinajstić information content (AvgIpc) is 2.37. The zero-order chi connectivity index (χ0) is 13.9. The maximum Gasteiger partial charge on any atom is 0.238 e. The van der Waals surface area contributed by atoms with Gasteiger partial charge in [0, 0.05) is 0 Å². The second-order valence-corrected chi connectivity index (χ2v) is 6.62. The highest BCUT2D eigenvalue weighted by molar-refractivity contribution is 7.89. The van der Waals surface area contributed by atoms with E-state index in [0.717, 1.165) is 0 Å². The zero-order valence-corrected chi connectivity index (χ0v) is 11.7. The van der Waals surface area contributed by atoms with Gasteiger partial charge >= 0.3 is 0 Å². The average molecular weight is 284 g/mol. The van der Waals surface area contributed by atoms with Crippen molar-refractivity contribution in [3.8, 4) is 5.75 Å². The predicted molar refractivity (Wildman–Crippen MR) is 74.3 cm³/mol. The van der Waals surface area contributed by atoms with Gasteiger partial charge < -0.3 is 10.5 Å². The first kappa shape index (κ1) is 14.1. The third-order valence-electron chi connectivity index (χ3n) is 3.51. The van der Waals surface area contributed by atoms with Crippen molar-refractivity contribution in [1.82, 2.24) is 0 Å². The number of sulfonamides is 1. The molecule has 1 aromatic rings. The fraction of sp³-hybridized carbons (Fsp3) is 0.538. The fourth-order valence-electron chi connectivity index (χ4n) is 2.40. The van der Waals surface area contributed by atoms with Gasteiger partial charge in [-0.25, -0.2) is 13.6 Å². The lowest BCUT2D eigenvalue weighted by atomic mass is 9.90. The summed E-state index contributed by atoms with van der Waals surface area (Å²) in [5.41, 5.74) is 6.10. The van der Waals surface area contributed by atoms with Crippen LogP contribution in [-0.4, -0.2) is 15.0 Å². The first-order chi connectivity index (χ1) is 8.97. The molecule has 1 aliphatic rings. The van der Waals surface area contributed by atoms with Gasteiger partial charge in [-0.3, -0.25) is 0 Å². The Morgan fingerprint density at radius 3 is 2.47 bits per heavy atom. The van der Waals surface area contributed by atoms with Gasteiger partial charge in [-0.05, 0) is 37.0 Å². The number of ether oxygens (including phenoxy) is 1. The Labute approximate surface area is 114 Å². The molecule has 0 aliphatic heterocycles. The third-order valence-corrected chi connectivity index (χ3v) is 4.42. The first-order valence-electron chi connectivity index (χ1n) is 6.52. The van der Waals surface area contributed by atoms with Gasteiger partial charge in [0.2, 0.25) is 10.0 Å². The van der Waals surface area contributed by atoms with Crippen molar-refractivity contribution in [1.29, 1.82) is 0 Å². The summed E-state index contributed by atoms with van der Waals surface area (Å²) in [5.74, 6) is 1.10. The monoisotopic (exact) mass is 284 g/mol. The largest absolute Gasteiger partial charge is 0.491 e. The molecule has 0 unspecified atom stereocenters. The van der Waals surface area contributed by atoms with Crippen LogP contribution in [0.4, 0.5) is 5.69 Å². The van der Waals surface area contributed by atoms with Gasteiger partial charge in [-0.15, -0.1) is 0 Å². The molecular weight excluding hydrogens is 264 g/mol. The number of nitrogen functional groups attached to an aromatic ring is 1. The highest BCUT2D eigenvalue weighted by Crippen LogP contribution is 2.28. The molecule has 0 saturated heterocycles. The molecule has 4 N–H and O–H groups in total. The van der Waals surface area contributed by atoms with E-state index in [1.807, 2.05) is 0 Å². The summed E-state index contributed by atoms with van der Waals surface area (Å²) in [7, 11) is -3.71. The van der Waals surface area contributed by atoms with E-state index in [9.17, 15) is 8.42 Å². The lowest BCUT2D eigenvalue weighted by molar-refractivity contribution is 0.209. The zero-order valence-electron chi connectivity index (χ0n) is 10.8. The van der Waals surface area contributed by atoms with Gasteiger partial charge in [-0.1, -0.05) is 19.3 Å². The summed E-state index contributed by atoms with van der Waals surface area (Å²) in [4.78, 5) is 0.00927. The van der Waals surface area contributed by atoms with E-state index in [-0.39, 0.29) is 4.90 Å². The number of benzene rings is 1. The molecule has 0 aromatic heterocycles. The van der Waals surface area contributed by atoms with Gasteiger partial charge in [0.05, 0.1) is 17.2 Å². The molecular formula is C13H20N2O3S. The molecule has 0 spiro atoms. The highest BCUT2D eigenvalue weighted by atomic mass is 32.2. The Morgan fingerprint density at radius 2 is 1.89 bits per heavy atom. The molecule has 5 nitrogen and oxygen atoms in total. The predicted octanol–water partition coefficient (Wildman–Crippen LogP) is 1.88. The van der Waals surface area contributed by atoms with Crippen LogP contribution in [0, 0.1) is 5.92 Å². The van der Waals surface area contributed by atoms with E-state index >= 15 is 0 Å². The fourth-order valence-corrected chi connectivity index (χ4v) is 2.95. The SMILES string of the molecule is Nc1cc(S(N)(=O)=O)ccc1OCC1CCCCC1. The Balaban J connectivity index is 2.01. The molecule has 0 amide bonds. The van der Waals surface area contributed by atoms with Crippen molar-refractivity contribution in [2.24, 2.45) is 11.1 Å². The third kappa shape index (κ3) is 3.84. The van der Waals surface area contributed by atoms with Crippen LogP contribution >= 0.6 is 0 Å². The molecule has 0 heterocycles. The lowest BCUT2D eigenvalue weighted by Gasteiger charge is -2.22. The second kappa shape index (κ2) is 5.79. The van der Waals surface area contributed by atoms with Crippen LogP contribution in [0.1, 0.15) is 32.1 Å². The van der Waals surface area contributed by atoms with Crippen LogP contribution in [0.3, 0.4) is 0 Å². The number of anilines is 1. The number of hydrogen-bond acceptors (Lipinski definition) is 4. The normalized spacial score (nSPS) is 17.3. The summed E-state index contributed by atoms with van der Waals surface area (Å²) < 4.78 is 28.0. The van der Waals surface area contributed by atoms with Crippen LogP contribution in [0.5, 0.6) is 5.75 Å². The van der Waals surface area contributed by atoms with Gasteiger partial charge in [0.1, 0.15) is 5.75 Å². The molecule has 0 radical (unpaired) electrons. The standard InChI is InChI=1S/C13H20N2O3S/c14-12-8-11(19(15,16)17)6-7-13(12)18-9-10-4-2-1-3-5-10/h6-8,10H,1-5,9,14H2,(H2,15,16,17). The Hall–Kier alpha value is -1.27. The highest BCUT2D eigenvalue weighted by Gasteiger charge is 2.15. The summed E-state index contributed by atoms with van der Waals surface area (Å²) >= 11 is 0. The Bertz CT molecular complexity index is 537. The van der Waals surface area contributed by atoms with Crippen LogP contribution in [0.25, 0.3) is 0 Å². The van der Waals surface area contributed by atoms with Gasteiger partial charge in [0.25, 0.3) is 0 Å². The van der Waals surface area contributed by atoms with Crippen LogP contribution in [0.15, 0.2) is 23.1 Å². The van der Waals surface area contributed by atoms with Crippen molar-refractivity contribution in [2.75, 3.05) is 12.3 Å². The maximum atomic E-state index is 11.2. The molecule has 2 rings (SSSR count). The number of nitrogens with two attached hydrogens (primary N) is 2. The topological polar surface area (TPSA) is 95.4 Å². The molecule has 1 fully saturated rings. The van der Waals surface area contributed by atoms with E-state index in [1.54, 1.807) is 6.07 Å². The van der Waals surface area contributed by atoms with Crippen LogP contribution in [0.2, 0.25) is 0 Å². The lowest BCUT2D eigenvalue weighted by Crippen LogP contribution is -2.16. The van der Waals surface area contributed by atoms with E-state index < -0.39 is 10.0 Å². The van der Waals surface area contributed by atoms with E-state index in [2.05, 4.69) is 0 Å². The molecule has 1 aliphatic carbocycles. The molecule has 6 heteroatoms. The first-order valence-corrected chi connectivity index (χ1v) is 8.06. The van der Waals surface area contributed by atoms with E-state index in [0.29, 0.717) is 24.0 Å². The molecule has 0 bridgehead atoms. The van der Waals surface area contributed by atoms with Crippen LogP contribution in [-0.2, 0) is 10.0 Å². The number of hydrogen-bond donors (Lipinski definition) is 2. The van der Waals surface area contributed by atoms with Gasteiger partial charge in [0.15, 0.2) is 0 Å². The van der Waals surface area contributed by atoms with E-state index in [4.69, 9.17) is 15.6 Å². The minimum absolute atomic E-state index is 0.00927. The minimum Gasteiger partial charge on any atom is -0.491 e. The molecule has 1 saturated carbocycles. The second-order valence-electron chi connectivity index (χ2n) is 5.06. The number of primary sulfonamides is 1. The molecule has 0 atom stereocenters. The quantitative estimate of drug-likeness (QED) is 0.825. The minimum atomic E-state index is -3.71. The van der Waals surface area contributed by atoms with Crippen molar-refractivity contribution in [3.05, 3.63) is 18.2 Å². The summed E-state index contributed by atoms with van der Waals surface area (Å²) in [5, 5.41) is 5.04. The van der Waals surface area contributed by atoms with Crippen LogP contribution < -0.4 is 15.6 Å². The maximum absolute atomic E-state index is 11.2. The molecule has 19 heavy (non-hydrogen) atoms. The molecule has 106 valence electrons. The number of rotatable bonds is 4. The Kier molecular flexibility index (Phi) is 4.31. The van der Waals surface area contributed by atoms with Crippen molar-refractivity contribution < 1.29 is 13.2 Å². The summed E-state index contributed by atoms with van der Waals surface area (Å²) in [6.45, 7) is 0.638.